The number of nitrogens with zero attached hydrogens (tertiary/aromatic N) is 5. The van der Waals surface area contributed by atoms with Gasteiger partial charge in [-0.05, 0) is 36.8 Å². The zero-order valence-electron chi connectivity index (χ0n) is 18.3. The van der Waals surface area contributed by atoms with Crippen molar-refractivity contribution >= 4 is 62.3 Å². The topological polar surface area (TPSA) is 91.3 Å². The summed E-state index contributed by atoms with van der Waals surface area (Å²) in [7, 11) is -4.03. The number of halogens is 6. The number of aromatic nitrogens is 3. The fourth-order valence-electron chi connectivity index (χ4n) is 3.61. The highest BCUT2D eigenvalue weighted by Crippen LogP contribution is 2.31. The van der Waals surface area contributed by atoms with Gasteiger partial charge in [0.05, 0.1) is 21.9 Å². The first-order chi connectivity index (χ1) is 16.9. The lowest BCUT2D eigenvalue weighted by atomic mass is 10.3. The number of sulfonamides is 1. The Morgan fingerprint density at radius 1 is 0.917 bits per heavy atom. The summed E-state index contributed by atoms with van der Waals surface area (Å²) in [5, 5.41) is 0.453. The molecule has 3 heterocycles. The zero-order valence-corrected chi connectivity index (χ0v) is 21.4. The molecule has 1 N–H and O–H groups in total. The Kier molecular flexibility index (Phi) is 7.69. The molecule has 0 unspecified atom stereocenters. The zero-order chi connectivity index (χ0) is 26.1. The summed E-state index contributed by atoms with van der Waals surface area (Å²) >= 11 is 18.3. The highest BCUT2D eigenvalue weighted by atomic mass is 35.5. The molecule has 8 nitrogen and oxygen atoms in total. The fraction of sp³-hybridized carbons (Fsp3) is 0.286. The smallest absolute Gasteiger partial charge is 0.354 e. The van der Waals surface area contributed by atoms with Crippen LogP contribution < -0.4 is 14.5 Å². The van der Waals surface area contributed by atoms with Crippen LogP contribution in [0.25, 0.3) is 0 Å². The normalized spacial score (nSPS) is 15.1. The quantitative estimate of drug-likeness (QED) is 0.433. The molecule has 192 valence electrons. The molecule has 0 bridgehead atoms. The van der Waals surface area contributed by atoms with Crippen molar-refractivity contribution in [1.82, 2.24) is 15.0 Å². The number of pyridine rings is 1. The van der Waals surface area contributed by atoms with Crippen LogP contribution in [0.2, 0.25) is 15.1 Å². The van der Waals surface area contributed by atoms with E-state index in [0.29, 0.717) is 43.4 Å². The second-order valence-electron chi connectivity index (χ2n) is 7.78. The van der Waals surface area contributed by atoms with Gasteiger partial charge in [-0.1, -0.05) is 34.8 Å². The second kappa shape index (κ2) is 10.4. The van der Waals surface area contributed by atoms with Crippen molar-refractivity contribution in [2.24, 2.45) is 0 Å². The SMILES string of the molecule is O=S(=O)(Nc1cnc(N2CCCN(c3nccc(C(F)(F)F)n3)CC2)c(Cl)c1)c1ccc(Cl)cc1Cl. The van der Waals surface area contributed by atoms with Gasteiger partial charge in [-0.2, -0.15) is 13.2 Å². The van der Waals surface area contributed by atoms with Gasteiger partial charge in [0.2, 0.25) is 5.95 Å². The summed E-state index contributed by atoms with van der Waals surface area (Å²) in [5.41, 5.74) is -0.875. The van der Waals surface area contributed by atoms with E-state index < -0.39 is 21.9 Å². The summed E-state index contributed by atoms with van der Waals surface area (Å²) in [6, 6.07) is 6.26. The Bertz CT molecular complexity index is 1380. The van der Waals surface area contributed by atoms with Gasteiger partial charge < -0.3 is 9.80 Å². The van der Waals surface area contributed by atoms with Crippen LogP contribution in [0.15, 0.2) is 47.6 Å². The molecule has 15 heteroatoms. The van der Waals surface area contributed by atoms with Gasteiger partial charge in [0, 0.05) is 37.4 Å². The molecule has 0 spiro atoms. The number of benzene rings is 1. The van der Waals surface area contributed by atoms with Crippen molar-refractivity contribution < 1.29 is 21.6 Å². The minimum atomic E-state index is -4.56. The summed E-state index contributed by atoms with van der Waals surface area (Å²) in [4.78, 5) is 15.3. The van der Waals surface area contributed by atoms with E-state index in [1.807, 2.05) is 4.90 Å². The standard InChI is InChI=1S/C21H18Cl3F3N6O2S/c22-13-2-3-17(15(23)10-13)36(34,35)31-14-11-16(24)19(29-12-14)32-6-1-7-33(9-8-32)20-28-5-4-18(30-20)21(25,26)27/h2-5,10-12,31H,1,6-9H2. The number of hydrogen-bond acceptors (Lipinski definition) is 7. The third kappa shape index (κ3) is 6.05. The van der Waals surface area contributed by atoms with Crippen molar-refractivity contribution in [2.45, 2.75) is 17.5 Å². The van der Waals surface area contributed by atoms with E-state index in [9.17, 15) is 21.6 Å². The van der Waals surface area contributed by atoms with Crippen LogP contribution in [0.1, 0.15) is 12.1 Å². The Balaban J connectivity index is 1.47. The minimum absolute atomic E-state index is 0.00338. The fourth-order valence-corrected chi connectivity index (χ4v) is 5.70. The van der Waals surface area contributed by atoms with Gasteiger partial charge in [-0.25, -0.2) is 23.4 Å². The van der Waals surface area contributed by atoms with Gasteiger partial charge in [0.1, 0.15) is 16.4 Å². The number of hydrogen-bond donors (Lipinski definition) is 1. The molecule has 1 saturated heterocycles. The summed E-state index contributed by atoms with van der Waals surface area (Å²) in [6.07, 6.45) is -1.57. The lowest BCUT2D eigenvalue weighted by molar-refractivity contribution is -0.141. The Morgan fingerprint density at radius 2 is 1.64 bits per heavy atom. The van der Waals surface area contributed by atoms with Crippen molar-refractivity contribution in [2.75, 3.05) is 40.7 Å². The average Bonchev–Trinajstić information content (AvgIpc) is 3.04. The van der Waals surface area contributed by atoms with E-state index in [2.05, 4.69) is 19.7 Å². The Morgan fingerprint density at radius 3 is 2.33 bits per heavy atom. The maximum atomic E-state index is 13.0. The molecule has 0 atom stereocenters. The Labute approximate surface area is 220 Å². The molecular formula is C21H18Cl3F3N6O2S. The molecule has 4 rings (SSSR count). The van der Waals surface area contributed by atoms with Crippen molar-refractivity contribution in [3.8, 4) is 0 Å². The van der Waals surface area contributed by atoms with Gasteiger partial charge >= 0.3 is 6.18 Å². The third-order valence-electron chi connectivity index (χ3n) is 5.27. The first kappa shape index (κ1) is 26.5. The van der Waals surface area contributed by atoms with Gasteiger partial charge in [0.15, 0.2) is 0 Å². The van der Waals surface area contributed by atoms with E-state index in [1.165, 1.54) is 30.5 Å². The van der Waals surface area contributed by atoms with Crippen LogP contribution in [0.4, 0.5) is 30.6 Å². The van der Waals surface area contributed by atoms with E-state index in [-0.39, 0.29) is 26.6 Å². The maximum absolute atomic E-state index is 13.0. The number of nitrogens with one attached hydrogen (secondary N) is 1. The number of rotatable bonds is 5. The van der Waals surface area contributed by atoms with Crippen LogP contribution in [0, 0.1) is 0 Å². The van der Waals surface area contributed by atoms with E-state index >= 15 is 0 Å². The summed E-state index contributed by atoms with van der Waals surface area (Å²) < 4.78 is 66.9. The predicted octanol–water partition coefficient (Wildman–Crippen LogP) is 5.37. The molecule has 0 radical (unpaired) electrons. The number of anilines is 3. The van der Waals surface area contributed by atoms with Crippen molar-refractivity contribution in [3.63, 3.8) is 0 Å². The summed E-state index contributed by atoms with van der Waals surface area (Å²) in [5.74, 6) is 0.410. The summed E-state index contributed by atoms with van der Waals surface area (Å²) in [6.45, 7) is 1.68. The van der Waals surface area contributed by atoms with Gasteiger partial charge in [0.25, 0.3) is 10.0 Å². The lowest BCUT2D eigenvalue weighted by Gasteiger charge is -2.24. The van der Waals surface area contributed by atoms with Gasteiger partial charge in [-0.15, -0.1) is 0 Å². The number of alkyl halides is 3. The molecule has 2 aromatic heterocycles. The maximum Gasteiger partial charge on any atom is 0.433 e. The molecule has 1 fully saturated rings. The molecule has 36 heavy (non-hydrogen) atoms. The largest absolute Gasteiger partial charge is 0.433 e. The highest BCUT2D eigenvalue weighted by molar-refractivity contribution is 7.92. The van der Waals surface area contributed by atoms with Crippen LogP contribution in [-0.2, 0) is 16.2 Å². The highest BCUT2D eigenvalue weighted by Gasteiger charge is 2.33. The Hall–Kier alpha value is -2.54. The third-order valence-corrected chi connectivity index (χ3v) is 7.65. The van der Waals surface area contributed by atoms with E-state index in [4.69, 9.17) is 34.8 Å². The minimum Gasteiger partial charge on any atom is -0.354 e. The molecule has 1 aliphatic heterocycles. The van der Waals surface area contributed by atoms with Gasteiger partial charge in [-0.3, -0.25) is 4.72 Å². The van der Waals surface area contributed by atoms with E-state index in [1.54, 1.807) is 4.90 Å². The molecule has 0 aliphatic carbocycles. The first-order valence-electron chi connectivity index (χ1n) is 10.5. The monoisotopic (exact) mass is 580 g/mol. The molecule has 1 aliphatic rings. The second-order valence-corrected chi connectivity index (χ2v) is 10.7. The van der Waals surface area contributed by atoms with Crippen LogP contribution >= 0.6 is 34.8 Å². The van der Waals surface area contributed by atoms with Crippen molar-refractivity contribution in [3.05, 3.63) is 63.5 Å². The predicted molar refractivity (Wildman–Crippen MR) is 133 cm³/mol. The van der Waals surface area contributed by atoms with Crippen LogP contribution in [-0.4, -0.2) is 49.5 Å². The lowest BCUT2D eigenvalue weighted by Crippen LogP contribution is -2.32. The molecule has 3 aromatic rings. The van der Waals surface area contributed by atoms with Crippen LogP contribution in [0.5, 0.6) is 0 Å². The molecule has 1 aromatic carbocycles. The first-order valence-corrected chi connectivity index (χ1v) is 13.1. The molecule has 0 saturated carbocycles. The van der Waals surface area contributed by atoms with E-state index in [0.717, 1.165) is 12.3 Å². The van der Waals surface area contributed by atoms with Crippen molar-refractivity contribution in [1.29, 1.82) is 0 Å². The molecular weight excluding hydrogens is 564 g/mol. The van der Waals surface area contributed by atoms with Crippen LogP contribution in [0.3, 0.4) is 0 Å². The molecule has 0 amide bonds. The average molecular weight is 582 g/mol.